The van der Waals surface area contributed by atoms with Crippen molar-refractivity contribution < 1.29 is 94.9 Å². The molecule has 4 atom stereocenters. The molecule has 0 bridgehead atoms. The van der Waals surface area contributed by atoms with Crippen LogP contribution >= 0.6 is 0 Å². The van der Waals surface area contributed by atoms with Gasteiger partial charge in [-0.15, -0.1) is 0 Å². The van der Waals surface area contributed by atoms with E-state index in [2.05, 4.69) is 0 Å². The molecule has 4 unspecified atom stereocenters. The Balaban J connectivity index is 1.90. The van der Waals surface area contributed by atoms with Gasteiger partial charge in [-0.25, -0.2) is 30.4 Å². The smallest absolute Gasteiger partial charge is 0.428 e. The maximum absolute atomic E-state index is 14.3. The molecule has 0 aromatic heterocycles. The van der Waals surface area contributed by atoms with Gasteiger partial charge in [0, 0.05) is 53.1 Å². The van der Waals surface area contributed by atoms with Gasteiger partial charge in [0.1, 0.15) is 23.8 Å². The quantitative estimate of drug-likeness (QED) is 0.0642. The highest BCUT2D eigenvalue weighted by molar-refractivity contribution is 7.92. The van der Waals surface area contributed by atoms with E-state index in [0.717, 1.165) is 14.2 Å². The van der Waals surface area contributed by atoms with E-state index in [1.54, 1.807) is 0 Å². The van der Waals surface area contributed by atoms with Crippen LogP contribution in [0.1, 0.15) is 62.5 Å². The average molecular weight is 909 g/mol. The molecule has 2 saturated heterocycles. The SMILES string of the molecule is COCCCC(OC(=O)OC(CCCOC)C(N1C(=O)CCC1=O)S(=O)(=O)c1ccc(F)cc1C(F)(F)F)C(N1C(=O)CCC1=O)S(=O)(=O)c1ccc(F)cc1C(F)(F)F. The maximum Gasteiger partial charge on any atom is 0.509 e. The third-order valence-corrected chi connectivity index (χ3v) is 13.5. The molecule has 2 aliphatic rings. The number of sulfone groups is 2. The lowest BCUT2D eigenvalue weighted by Crippen LogP contribution is -2.54. The number of halogens is 8. The summed E-state index contributed by atoms with van der Waals surface area (Å²) in [5, 5.41) is -5.67. The second kappa shape index (κ2) is 18.9. The number of alkyl halides is 6. The van der Waals surface area contributed by atoms with Crippen LogP contribution < -0.4 is 0 Å². The second-order valence-electron chi connectivity index (χ2n) is 13.3. The Labute approximate surface area is 336 Å². The van der Waals surface area contributed by atoms with Crippen molar-refractivity contribution in [1.29, 1.82) is 0 Å². The van der Waals surface area contributed by atoms with Crippen molar-refractivity contribution in [3.8, 4) is 0 Å². The fraction of sp³-hybridized carbons (Fsp3) is 0.514. The fourth-order valence-corrected chi connectivity index (χ4v) is 10.8. The summed E-state index contributed by atoms with van der Waals surface area (Å²) < 4.78 is 191. The normalized spacial score (nSPS) is 17.6. The second-order valence-corrected chi connectivity index (χ2v) is 17.3. The van der Waals surface area contributed by atoms with Crippen LogP contribution in [0.25, 0.3) is 0 Å². The predicted octanol–water partition coefficient (Wildman–Crippen LogP) is 4.94. The van der Waals surface area contributed by atoms with E-state index >= 15 is 0 Å². The Morgan fingerprint density at radius 2 is 0.933 bits per heavy atom. The minimum atomic E-state index is -5.76. The summed E-state index contributed by atoms with van der Waals surface area (Å²) >= 11 is 0. The first-order valence-electron chi connectivity index (χ1n) is 17.6. The van der Waals surface area contributed by atoms with Gasteiger partial charge in [-0.05, 0) is 62.1 Å². The van der Waals surface area contributed by atoms with Gasteiger partial charge >= 0.3 is 18.5 Å². The van der Waals surface area contributed by atoms with Gasteiger partial charge in [-0.3, -0.25) is 29.0 Å². The van der Waals surface area contributed by atoms with E-state index in [-0.39, 0.29) is 60.1 Å². The highest BCUT2D eigenvalue weighted by Crippen LogP contribution is 2.41. The zero-order valence-electron chi connectivity index (χ0n) is 31.4. The van der Waals surface area contributed by atoms with Crippen molar-refractivity contribution in [2.24, 2.45) is 0 Å². The van der Waals surface area contributed by atoms with Crippen molar-refractivity contribution >= 4 is 49.5 Å². The van der Waals surface area contributed by atoms with Gasteiger partial charge in [-0.1, -0.05) is 0 Å². The number of hydrogen-bond acceptors (Lipinski definition) is 13. The molecule has 0 radical (unpaired) electrons. The molecule has 2 aliphatic heterocycles. The zero-order valence-corrected chi connectivity index (χ0v) is 33.0. The first-order valence-corrected chi connectivity index (χ1v) is 20.7. The molecule has 2 fully saturated rings. The number of carbonyl (C=O) groups is 5. The lowest BCUT2D eigenvalue weighted by molar-refractivity contribution is -0.142. The van der Waals surface area contributed by atoms with E-state index in [4.69, 9.17) is 18.9 Å². The zero-order chi connectivity index (χ0) is 45.0. The Kier molecular flexibility index (Phi) is 15.1. The molecule has 0 saturated carbocycles. The lowest BCUT2D eigenvalue weighted by Gasteiger charge is -2.35. The van der Waals surface area contributed by atoms with Gasteiger partial charge in [0.15, 0.2) is 10.7 Å². The molecule has 0 aliphatic carbocycles. The van der Waals surface area contributed by atoms with Crippen molar-refractivity contribution in [2.45, 2.75) is 96.5 Å². The summed E-state index contributed by atoms with van der Waals surface area (Å²) in [5.41, 5.74) is -4.15. The number of ether oxygens (including phenoxy) is 4. The van der Waals surface area contributed by atoms with Crippen LogP contribution in [0.4, 0.5) is 39.9 Å². The standard InChI is InChI=1S/C35H36F8N2O13S2/c1-55-15-3-5-23(31(44-27(46)11-12-28(44)47)59(51,52)25-9-7-19(36)17-21(25)34(38,39)40)57-33(50)58-24(6-4-16-56-2)32(45-29(48)13-14-30(45)49)60(53,54)26-10-8-20(37)18-22(26)35(41,42)43/h7-10,17-18,23-24,31-32H,3-6,11-16H2,1-2H3. The number of imide groups is 2. The van der Waals surface area contributed by atoms with Gasteiger partial charge < -0.3 is 18.9 Å². The Hall–Kier alpha value is -4.75. The number of benzene rings is 2. The molecular formula is C35H36F8N2O13S2. The number of rotatable bonds is 18. The van der Waals surface area contributed by atoms with E-state index in [1.165, 1.54) is 0 Å². The van der Waals surface area contributed by atoms with Gasteiger partial charge in [0.05, 0.1) is 20.9 Å². The van der Waals surface area contributed by atoms with Crippen molar-refractivity contribution in [3.05, 3.63) is 59.2 Å². The molecule has 4 amide bonds. The number of hydrogen-bond donors (Lipinski definition) is 0. The third-order valence-electron chi connectivity index (χ3n) is 9.24. The van der Waals surface area contributed by atoms with Crippen LogP contribution in [0, 0.1) is 11.6 Å². The first-order chi connectivity index (χ1) is 27.9. The Morgan fingerprint density at radius 1 is 0.617 bits per heavy atom. The van der Waals surface area contributed by atoms with Gasteiger partial charge in [-0.2, -0.15) is 26.3 Å². The molecule has 332 valence electrons. The highest BCUT2D eigenvalue weighted by atomic mass is 32.2. The summed E-state index contributed by atoms with van der Waals surface area (Å²) in [6.45, 7) is -0.543. The maximum atomic E-state index is 14.3. The summed E-state index contributed by atoms with van der Waals surface area (Å²) in [6.07, 6.45) is -22.8. The molecule has 0 N–H and O–H groups in total. The molecule has 2 aromatic carbocycles. The molecule has 25 heteroatoms. The minimum absolute atomic E-state index is 0.0295. The average Bonchev–Trinajstić information content (AvgIpc) is 3.65. The van der Waals surface area contributed by atoms with Crippen LogP contribution in [-0.4, -0.2) is 107 Å². The molecular weight excluding hydrogens is 873 g/mol. The summed E-state index contributed by atoms with van der Waals surface area (Å²) in [4.78, 5) is 62.8. The number of nitrogens with zero attached hydrogens (tertiary/aromatic N) is 2. The van der Waals surface area contributed by atoms with Crippen molar-refractivity contribution in [1.82, 2.24) is 9.80 Å². The lowest BCUT2D eigenvalue weighted by atomic mass is 10.2. The predicted molar refractivity (Wildman–Crippen MR) is 184 cm³/mol. The van der Waals surface area contributed by atoms with Crippen LogP contribution in [-0.2, 0) is 70.2 Å². The van der Waals surface area contributed by atoms with Crippen molar-refractivity contribution in [2.75, 3.05) is 27.4 Å². The van der Waals surface area contributed by atoms with Crippen LogP contribution in [0.5, 0.6) is 0 Å². The topological polar surface area (TPSA) is 197 Å². The van der Waals surface area contributed by atoms with Gasteiger partial charge in [0.2, 0.25) is 43.3 Å². The van der Waals surface area contributed by atoms with E-state index in [0.29, 0.717) is 12.1 Å². The van der Waals surface area contributed by atoms with Crippen LogP contribution in [0.2, 0.25) is 0 Å². The third kappa shape index (κ3) is 10.6. The Bertz CT molecular complexity index is 2020. The monoisotopic (exact) mass is 908 g/mol. The fourth-order valence-electron chi connectivity index (χ4n) is 6.62. The molecule has 60 heavy (non-hydrogen) atoms. The summed E-state index contributed by atoms with van der Waals surface area (Å²) in [5.74, 6) is -8.10. The number of amides is 4. The van der Waals surface area contributed by atoms with Crippen LogP contribution in [0.15, 0.2) is 46.2 Å². The summed E-state index contributed by atoms with van der Waals surface area (Å²) in [7, 11) is -9.19. The number of likely N-dealkylation sites (tertiary alicyclic amines) is 2. The van der Waals surface area contributed by atoms with Crippen molar-refractivity contribution in [3.63, 3.8) is 0 Å². The molecule has 0 spiro atoms. The number of carbonyl (C=O) groups excluding carboxylic acids is 5. The highest BCUT2D eigenvalue weighted by Gasteiger charge is 2.53. The van der Waals surface area contributed by atoms with E-state index < -0.39 is 156 Å². The molecule has 15 nitrogen and oxygen atoms in total. The van der Waals surface area contributed by atoms with Gasteiger partial charge in [0.25, 0.3) is 0 Å². The Morgan fingerprint density at radius 3 is 1.22 bits per heavy atom. The largest absolute Gasteiger partial charge is 0.509 e. The van der Waals surface area contributed by atoms with Crippen LogP contribution in [0.3, 0.4) is 0 Å². The van der Waals surface area contributed by atoms with E-state index in [9.17, 15) is 75.9 Å². The minimum Gasteiger partial charge on any atom is -0.428 e. The molecule has 2 aromatic rings. The first kappa shape index (κ1) is 47.9. The number of methoxy groups -OCH3 is 2. The molecule has 4 rings (SSSR count). The summed E-state index contributed by atoms with van der Waals surface area (Å²) in [6, 6.07) is 0.713. The van der Waals surface area contributed by atoms with E-state index in [1.807, 2.05) is 0 Å². The molecule has 2 heterocycles.